The van der Waals surface area contributed by atoms with E-state index in [1.807, 2.05) is 4.57 Å². The molecule has 2 aliphatic heterocycles. The van der Waals surface area contributed by atoms with Crippen LogP contribution in [0.4, 0.5) is 5.69 Å². The molecule has 6 nitrogen and oxygen atoms in total. The highest BCUT2D eigenvalue weighted by Gasteiger charge is 2.35. The molecule has 1 saturated carbocycles. The molecular weight excluding hydrogens is 376 g/mol. The highest BCUT2D eigenvalue weighted by molar-refractivity contribution is 6.04. The number of fused-ring (bicyclic) bond motifs is 4. The van der Waals surface area contributed by atoms with E-state index in [4.69, 9.17) is 0 Å². The summed E-state index contributed by atoms with van der Waals surface area (Å²) in [6.07, 6.45) is 11.3. The molecule has 2 bridgehead atoms. The van der Waals surface area contributed by atoms with Crippen molar-refractivity contribution in [2.75, 3.05) is 25.0 Å². The van der Waals surface area contributed by atoms with Crippen LogP contribution in [0, 0.1) is 11.8 Å². The molecule has 0 spiro atoms. The first-order valence-corrected chi connectivity index (χ1v) is 11.3. The van der Waals surface area contributed by atoms with Gasteiger partial charge < -0.3 is 14.8 Å². The second-order valence-corrected chi connectivity index (χ2v) is 9.30. The molecule has 5 rings (SSSR count). The van der Waals surface area contributed by atoms with Crippen LogP contribution >= 0.6 is 0 Å². The van der Waals surface area contributed by atoms with Gasteiger partial charge in [0.1, 0.15) is 5.69 Å². The summed E-state index contributed by atoms with van der Waals surface area (Å²) >= 11 is 0. The number of pyridine rings is 2. The van der Waals surface area contributed by atoms with E-state index in [0.29, 0.717) is 23.1 Å². The zero-order chi connectivity index (χ0) is 20.5. The Morgan fingerprint density at radius 2 is 1.83 bits per heavy atom. The third-order valence-corrected chi connectivity index (χ3v) is 7.11. The third-order valence-electron chi connectivity index (χ3n) is 7.11. The first kappa shape index (κ1) is 19.5. The average Bonchev–Trinajstić information content (AvgIpc) is 2.77. The monoisotopic (exact) mass is 406 g/mol. The van der Waals surface area contributed by atoms with Crippen LogP contribution in [-0.4, -0.2) is 40.0 Å². The molecule has 2 aromatic rings. The van der Waals surface area contributed by atoms with Crippen molar-refractivity contribution in [3.63, 3.8) is 0 Å². The maximum absolute atomic E-state index is 13.1. The number of anilines is 1. The second-order valence-electron chi connectivity index (χ2n) is 9.30. The summed E-state index contributed by atoms with van der Waals surface area (Å²) in [7, 11) is 0. The second kappa shape index (κ2) is 8.34. The van der Waals surface area contributed by atoms with Crippen LogP contribution < -0.4 is 10.9 Å². The molecule has 2 atom stereocenters. The minimum absolute atomic E-state index is 0.0784. The van der Waals surface area contributed by atoms with Crippen LogP contribution in [0.3, 0.4) is 0 Å². The standard InChI is InChI=1S/C24H30N4O2/c29-23(19-8-10-25-11-9-19)26-21-6-7-22-20-12-18(15-28(22)24(21)30)14-27(16-20)13-17-4-2-1-3-5-17/h6-11,17-18,20H,1-5,12-16H2,(H,26,29). The molecule has 6 heteroatoms. The fourth-order valence-corrected chi connectivity index (χ4v) is 5.72. The molecule has 0 radical (unpaired) electrons. The van der Waals surface area contributed by atoms with Gasteiger partial charge >= 0.3 is 0 Å². The molecule has 1 N–H and O–H groups in total. The number of hydrogen-bond donors (Lipinski definition) is 1. The van der Waals surface area contributed by atoms with Crippen molar-refractivity contribution < 1.29 is 4.79 Å². The SMILES string of the molecule is O=C(Nc1ccc2n(c1=O)CC1CC2CN(CC2CCCCC2)C1)c1ccncc1. The normalized spacial score (nSPS) is 24.3. The van der Waals surface area contributed by atoms with E-state index >= 15 is 0 Å². The number of piperidine rings is 1. The Balaban J connectivity index is 1.32. The van der Waals surface area contributed by atoms with E-state index in [-0.39, 0.29) is 11.5 Å². The van der Waals surface area contributed by atoms with E-state index in [1.54, 1.807) is 30.6 Å². The van der Waals surface area contributed by atoms with Gasteiger partial charge in [0.2, 0.25) is 0 Å². The Labute approximate surface area is 177 Å². The summed E-state index contributed by atoms with van der Waals surface area (Å²) in [5, 5.41) is 2.79. The van der Waals surface area contributed by atoms with Gasteiger partial charge in [-0.05, 0) is 55.4 Å². The fraction of sp³-hybridized carbons (Fsp3) is 0.542. The number of hydrogen-bond acceptors (Lipinski definition) is 4. The highest BCUT2D eigenvalue weighted by atomic mass is 16.2. The lowest BCUT2D eigenvalue weighted by Gasteiger charge is -2.44. The van der Waals surface area contributed by atoms with E-state index < -0.39 is 0 Å². The van der Waals surface area contributed by atoms with Crippen LogP contribution in [-0.2, 0) is 6.54 Å². The molecule has 3 aliphatic rings. The summed E-state index contributed by atoms with van der Waals surface area (Å²) in [5.74, 6) is 1.51. The summed E-state index contributed by atoms with van der Waals surface area (Å²) < 4.78 is 1.92. The Kier molecular flexibility index (Phi) is 5.42. The van der Waals surface area contributed by atoms with Crippen LogP contribution in [0.2, 0.25) is 0 Å². The molecule has 0 aromatic carbocycles. The van der Waals surface area contributed by atoms with Crippen molar-refractivity contribution in [3.8, 4) is 0 Å². The number of nitrogens with zero attached hydrogens (tertiary/aromatic N) is 3. The van der Waals surface area contributed by atoms with Gasteiger partial charge in [0.05, 0.1) is 0 Å². The number of amides is 1. The van der Waals surface area contributed by atoms with Crippen molar-refractivity contribution in [2.24, 2.45) is 11.8 Å². The van der Waals surface area contributed by atoms with Gasteiger partial charge in [-0.25, -0.2) is 0 Å². The zero-order valence-corrected chi connectivity index (χ0v) is 17.4. The van der Waals surface area contributed by atoms with Crippen molar-refractivity contribution >= 4 is 11.6 Å². The van der Waals surface area contributed by atoms with Gasteiger partial charge in [0.25, 0.3) is 11.5 Å². The van der Waals surface area contributed by atoms with Gasteiger partial charge in [0.15, 0.2) is 0 Å². The lowest BCUT2D eigenvalue weighted by Crippen LogP contribution is -2.48. The number of rotatable bonds is 4. The molecule has 2 aromatic heterocycles. The van der Waals surface area contributed by atoms with E-state index in [0.717, 1.165) is 31.2 Å². The maximum Gasteiger partial charge on any atom is 0.274 e. The van der Waals surface area contributed by atoms with E-state index in [9.17, 15) is 9.59 Å². The van der Waals surface area contributed by atoms with Crippen LogP contribution in [0.15, 0.2) is 41.5 Å². The Hall–Kier alpha value is -2.47. The topological polar surface area (TPSA) is 67.2 Å². The maximum atomic E-state index is 13.1. The summed E-state index contributed by atoms with van der Waals surface area (Å²) in [5.41, 5.74) is 1.92. The first-order chi connectivity index (χ1) is 14.7. The van der Waals surface area contributed by atoms with Crippen LogP contribution in [0.1, 0.15) is 60.5 Å². The fourth-order valence-electron chi connectivity index (χ4n) is 5.72. The molecule has 1 saturated heterocycles. The lowest BCUT2D eigenvalue weighted by molar-refractivity contribution is 0.0967. The quantitative estimate of drug-likeness (QED) is 0.844. The number of likely N-dealkylation sites (tertiary alicyclic amines) is 1. The van der Waals surface area contributed by atoms with Crippen LogP contribution in [0.25, 0.3) is 0 Å². The van der Waals surface area contributed by atoms with Crippen molar-refractivity contribution in [2.45, 2.75) is 51.0 Å². The van der Waals surface area contributed by atoms with Crippen molar-refractivity contribution in [1.29, 1.82) is 0 Å². The van der Waals surface area contributed by atoms with Crippen molar-refractivity contribution in [3.05, 3.63) is 58.3 Å². The molecule has 2 fully saturated rings. The van der Waals surface area contributed by atoms with Gasteiger partial charge in [-0.1, -0.05) is 19.3 Å². The summed E-state index contributed by atoms with van der Waals surface area (Å²) in [4.78, 5) is 32.2. The van der Waals surface area contributed by atoms with E-state index in [2.05, 4.69) is 21.3 Å². The molecular formula is C24H30N4O2. The number of carbonyl (C=O) groups is 1. The molecule has 1 aliphatic carbocycles. The smallest absolute Gasteiger partial charge is 0.274 e. The summed E-state index contributed by atoms with van der Waals surface area (Å²) in [6.45, 7) is 4.11. The molecule has 158 valence electrons. The Bertz CT molecular complexity index is 965. The molecule has 4 heterocycles. The van der Waals surface area contributed by atoms with Crippen LogP contribution in [0.5, 0.6) is 0 Å². The van der Waals surface area contributed by atoms with Crippen molar-refractivity contribution in [1.82, 2.24) is 14.5 Å². The van der Waals surface area contributed by atoms with Gasteiger partial charge in [-0.15, -0.1) is 0 Å². The first-order valence-electron chi connectivity index (χ1n) is 11.3. The Morgan fingerprint density at radius 3 is 2.63 bits per heavy atom. The van der Waals surface area contributed by atoms with Gasteiger partial charge in [-0.3, -0.25) is 14.6 Å². The summed E-state index contributed by atoms with van der Waals surface area (Å²) in [6, 6.07) is 7.13. The minimum Gasteiger partial charge on any atom is -0.317 e. The van der Waals surface area contributed by atoms with Gasteiger partial charge in [-0.2, -0.15) is 0 Å². The largest absolute Gasteiger partial charge is 0.317 e. The zero-order valence-electron chi connectivity index (χ0n) is 17.4. The molecule has 1 amide bonds. The minimum atomic E-state index is -0.273. The average molecular weight is 407 g/mol. The highest BCUT2D eigenvalue weighted by Crippen LogP contribution is 2.36. The molecule has 30 heavy (non-hydrogen) atoms. The number of aromatic nitrogens is 2. The number of nitrogens with one attached hydrogen (secondary N) is 1. The van der Waals surface area contributed by atoms with Gasteiger partial charge in [0, 0.05) is 55.7 Å². The third kappa shape index (κ3) is 3.93. The Morgan fingerprint density at radius 1 is 1.03 bits per heavy atom. The number of carbonyl (C=O) groups excluding carboxylic acids is 1. The molecule has 2 unspecified atom stereocenters. The predicted molar refractivity (Wildman–Crippen MR) is 117 cm³/mol. The van der Waals surface area contributed by atoms with E-state index in [1.165, 1.54) is 45.1 Å². The predicted octanol–water partition coefficient (Wildman–Crippen LogP) is 3.50. The lowest BCUT2D eigenvalue weighted by atomic mass is 9.81.